The largest absolute Gasteiger partial charge is 0.441 e. The lowest BCUT2D eigenvalue weighted by molar-refractivity contribution is -0.111. The van der Waals surface area contributed by atoms with Crippen molar-refractivity contribution in [2.75, 3.05) is 5.32 Å². The molecule has 1 amide bonds. The van der Waals surface area contributed by atoms with Crippen LogP contribution in [0.15, 0.2) is 28.7 Å². The smallest absolute Gasteiger partial charge is 0.248 e. The van der Waals surface area contributed by atoms with Crippen molar-refractivity contribution < 1.29 is 9.21 Å². The van der Waals surface area contributed by atoms with Crippen LogP contribution < -0.4 is 5.32 Å². The molecule has 0 aliphatic heterocycles. The number of hydrogen-bond donors (Lipinski definition) is 1. The standard InChI is InChI=1S/C17H18N4O2/c1-10-14(11(2)21(4)20-10)6-8-17(22)19-13-5-7-16-15(9-13)18-12(3)23-16/h5-9H,1-4H3,(H,19,22)/b8-6+. The molecule has 0 saturated carbocycles. The van der Waals surface area contributed by atoms with Gasteiger partial charge >= 0.3 is 0 Å². The molecular formula is C17H18N4O2. The van der Waals surface area contributed by atoms with Crippen LogP contribution in [0.3, 0.4) is 0 Å². The number of nitrogens with one attached hydrogen (secondary N) is 1. The minimum absolute atomic E-state index is 0.202. The second-order valence-corrected chi connectivity index (χ2v) is 5.45. The number of rotatable bonds is 3. The Hall–Kier alpha value is -2.89. The highest BCUT2D eigenvalue weighted by Crippen LogP contribution is 2.20. The van der Waals surface area contributed by atoms with Crippen molar-refractivity contribution >= 4 is 28.8 Å². The van der Waals surface area contributed by atoms with E-state index in [4.69, 9.17) is 4.42 Å². The molecule has 0 unspecified atom stereocenters. The van der Waals surface area contributed by atoms with Crippen LogP contribution in [0.1, 0.15) is 22.8 Å². The first-order valence-electron chi connectivity index (χ1n) is 7.30. The molecule has 0 saturated heterocycles. The molecular weight excluding hydrogens is 292 g/mol. The van der Waals surface area contributed by atoms with Gasteiger partial charge in [-0.15, -0.1) is 0 Å². The van der Waals surface area contributed by atoms with Crippen molar-refractivity contribution in [1.29, 1.82) is 0 Å². The number of carbonyl (C=O) groups is 1. The minimum Gasteiger partial charge on any atom is -0.441 e. The minimum atomic E-state index is -0.202. The molecule has 0 spiro atoms. The summed E-state index contributed by atoms with van der Waals surface area (Å²) in [5.41, 5.74) is 4.99. The molecule has 2 aromatic heterocycles. The Kier molecular flexibility index (Phi) is 3.73. The fourth-order valence-electron chi connectivity index (χ4n) is 2.49. The first-order valence-corrected chi connectivity index (χ1v) is 7.30. The zero-order chi connectivity index (χ0) is 16.6. The van der Waals surface area contributed by atoms with Crippen molar-refractivity contribution in [1.82, 2.24) is 14.8 Å². The van der Waals surface area contributed by atoms with Gasteiger partial charge in [0.15, 0.2) is 11.5 Å². The Labute approximate surface area is 133 Å². The lowest BCUT2D eigenvalue weighted by Crippen LogP contribution is -2.07. The van der Waals surface area contributed by atoms with Crippen molar-refractivity contribution in [3.63, 3.8) is 0 Å². The normalized spacial score (nSPS) is 11.5. The Morgan fingerprint density at radius 3 is 2.78 bits per heavy atom. The Balaban J connectivity index is 1.76. The summed E-state index contributed by atoms with van der Waals surface area (Å²) in [5, 5.41) is 7.15. The predicted molar refractivity (Wildman–Crippen MR) is 89.1 cm³/mol. The molecule has 1 aromatic carbocycles. The number of oxazole rings is 1. The maximum Gasteiger partial charge on any atom is 0.248 e. The van der Waals surface area contributed by atoms with Gasteiger partial charge < -0.3 is 9.73 Å². The first kappa shape index (κ1) is 15.0. The third-order valence-electron chi connectivity index (χ3n) is 3.73. The van der Waals surface area contributed by atoms with Gasteiger partial charge in [-0.1, -0.05) is 0 Å². The number of carbonyl (C=O) groups excluding carboxylic acids is 1. The van der Waals surface area contributed by atoms with Gasteiger partial charge in [0.05, 0.1) is 5.69 Å². The Morgan fingerprint density at radius 1 is 1.30 bits per heavy atom. The fourth-order valence-corrected chi connectivity index (χ4v) is 2.49. The van der Waals surface area contributed by atoms with Crippen LogP contribution >= 0.6 is 0 Å². The molecule has 23 heavy (non-hydrogen) atoms. The monoisotopic (exact) mass is 310 g/mol. The first-order chi connectivity index (χ1) is 10.9. The maximum absolute atomic E-state index is 12.1. The van der Waals surface area contributed by atoms with E-state index in [0.717, 1.165) is 22.5 Å². The SMILES string of the molecule is Cc1nc2cc(NC(=O)/C=C/c3c(C)nn(C)c3C)ccc2o1. The summed E-state index contributed by atoms with van der Waals surface area (Å²) in [6.45, 7) is 5.68. The van der Waals surface area contributed by atoms with Gasteiger partial charge in [0.25, 0.3) is 0 Å². The third kappa shape index (κ3) is 3.01. The molecule has 0 bridgehead atoms. The topological polar surface area (TPSA) is 73.0 Å². The number of aryl methyl sites for hydroxylation is 3. The van der Waals surface area contributed by atoms with E-state index in [0.29, 0.717) is 17.2 Å². The average molecular weight is 310 g/mol. The van der Waals surface area contributed by atoms with E-state index < -0.39 is 0 Å². The van der Waals surface area contributed by atoms with Gasteiger partial charge in [0.2, 0.25) is 5.91 Å². The second-order valence-electron chi connectivity index (χ2n) is 5.45. The number of benzene rings is 1. The summed E-state index contributed by atoms with van der Waals surface area (Å²) in [7, 11) is 1.88. The average Bonchev–Trinajstić information content (AvgIpc) is 2.96. The zero-order valence-corrected chi connectivity index (χ0v) is 13.5. The summed E-state index contributed by atoms with van der Waals surface area (Å²) >= 11 is 0. The number of aromatic nitrogens is 3. The third-order valence-corrected chi connectivity index (χ3v) is 3.73. The molecule has 0 fully saturated rings. The molecule has 0 aliphatic carbocycles. The summed E-state index contributed by atoms with van der Waals surface area (Å²) in [4.78, 5) is 16.3. The summed E-state index contributed by atoms with van der Waals surface area (Å²) in [6.07, 6.45) is 3.29. The van der Waals surface area contributed by atoms with Crippen LogP contribution in [0.2, 0.25) is 0 Å². The summed E-state index contributed by atoms with van der Waals surface area (Å²) < 4.78 is 7.21. The van der Waals surface area contributed by atoms with Gasteiger partial charge in [-0.25, -0.2) is 4.98 Å². The van der Waals surface area contributed by atoms with E-state index in [9.17, 15) is 4.79 Å². The van der Waals surface area contributed by atoms with Gasteiger partial charge in [-0.2, -0.15) is 5.10 Å². The number of nitrogens with zero attached hydrogens (tertiary/aromatic N) is 3. The van der Waals surface area contributed by atoms with E-state index in [2.05, 4.69) is 15.4 Å². The summed E-state index contributed by atoms with van der Waals surface area (Å²) in [6, 6.07) is 5.38. The van der Waals surface area contributed by atoms with Crippen LogP contribution in [-0.2, 0) is 11.8 Å². The quantitative estimate of drug-likeness (QED) is 0.754. The molecule has 3 aromatic rings. The van der Waals surface area contributed by atoms with E-state index in [-0.39, 0.29) is 5.91 Å². The molecule has 6 nitrogen and oxygen atoms in total. The second kappa shape index (κ2) is 5.72. The Morgan fingerprint density at radius 2 is 2.09 bits per heavy atom. The highest BCUT2D eigenvalue weighted by Gasteiger charge is 2.07. The van der Waals surface area contributed by atoms with Gasteiger partial charge in [-0.05, 0) is 38.1 Å². The molecule has 0 aliphatic rings. The highest BCUT2D eigenvalue weighted by molar-refractivity contribution is 6.02. The molecule has 6 heteroatoms. The van der Waals surface area contributed by atoms with Crippen molar-refractivity contribution in [2.45, 2.75) is 20.8 Å². The van der Waals surface area contributed by atoms with Crippen LogP contribution in [0.25, 0.3) is 17.2 Å². The molecule has 3 rings (SSSR count). The number of fused-ring (bicyclic) bond motifs is 1. The van der Waals surface area contributed by atoms with Crippen LogP contribution in [0, 0.1) is 20.8 Å². The maximum atomic E-state index is 12.1. The van der Waals surface area contributed by atoms with Crippen LogP contribution in [0.4, 0.5) is 5.69 Å². The number of amides is 1. The summed E-state index contributed by atoms with van der Waals surface area (Å²) in [5.74, 6) is 0.401. The zero-order valence-electron chi connectivity index (χ0n) is 13.5. The lowest BCUT2D eigenvalue weighted by Gasteiger charge is -2.01. The van der Waals surface area contributed by atoms with Gasteiger partial charge in [-0.3, -0.25) is 9.48 Å². The van der Waals surface area contributed by atoms with Gasteiger partial charge in [0, 0.05) is 37.0 Å². The molecule has 0 atom stereocenters. The van der Waals surface area contributed by atoms with E-state index in [1.807, 2.05) is 20.9 Å². The number of anilines is 1. The van der Waals surface area contributed by atoms with E-state index >= 15 is 0 Å². The van der Waals surface area contributed by atoms with Crippen LogP contribution in [0.5, 0.6) is 0 Å². The highest BCUT2D eigenvalue weighted by atomic mass is 16.3. The molecule has 0 radical (unpaired) electrons. The van der Waals surface area contributed by atoms with Crippen molar-refractivity contribution in [3.05, 3.63) is 47.1 Å². The van der Waals surface area contributed by atoms with Crippen LogP contribution in [-0.4, -0.2) is 20.7 Å². The van der Waals surface area contributed by atoms with E-state index in [1.165, 1.54) is 6.08 Å². The molecule has 1 N–H and O–H groups in total. The molecule has 2 heterocycles. The van der Waals surface area contributed by atoms with Gasteiger partial charge in [0.1, 0.15) is 5.52 Å². The van der Waals surface area contributed by atoms with E-state index in [1.54, 1.807) is 35.9 Å². The lowest BCUT2D eigenvalue weighted by atomic mass is 10.2. The molecule has 118 valence electrons. The predicted octanol–water partition coefficient (Wildman–Crippen LogP) is 3.14. The Bertz CT molecular complexity index is 918. The number of hydrogen-bond acceptors (Lipinski definition) is 4. The fraction of sp³-hybridized carbons (Fsp3) is 0.235. The van der Waals surface area contributed by atoms with Crippen molar-refractivity contribution in [2.24, 2.45) is 7.05 Å². The van der Waals surface area contributed by atoms with Crippen molar-refractivity contribution in [3.8, 4) is 0 Å².